The summed E-state index contributed by atoms with van der Waals surface area (Å²) in [6.07, 6.45) is -3.55. The third-order valence-corrected chi connectivity index (χ3v) is 3.89. The number of nitrogens with one attached hydrogen (secondary N) is 3. The molecule has 0 aliphatic carbocycles. The van der Waals surface area contributed by atoms with E-state index in [0.29, 0.717) is 0 Å². The largest absolute Gasteiger partial charge is 0.481 e. The highest BCUT2D eigenvalue weighted by molar-refractivity contribution is 5.94. The Labute approximate surface area is 166 Å². The molecule has 0 saturated heterocycles. The molecule has 9 N–H and O–H groups in total. The standard InChI is InChI=1S/C16H28N4O9/c1-6(16(28)29)18-13(25)9(4-5-10(23)24)19-15(27)12(8(3)22)20-14(26)11(17)7(2)21/h6-9,11-12,21-22H,4-5,17H2,1-3H3,(H,18,25)(H,19,27)(H,20,26)(H,23,24)(H,28,29). The highest BCUT2D eigenvalue weighted by Gasteiger charge is 2.32. The van der Waals surface area contributed by atoms with E-state index in [4.69, 9.17) is 15.9 Å². The maximum Gasteiger partial charge on any atom is 0.325 e. The van der Waals surface area contributed by atoms with E-state index in [1.807, 2.05) is 0 Å². The second-order valence-corrected chi connectivity index (χ2v) is 6.56. The van der Waals surface area contributed by atoms with E-state index in [-0.39, 0.29) is 6.42 Å². The zero-order valence-electron chi connectivity index (χ0n) is 16.3. The van der Waals surface area contributed by atoms with Crippen molar-refractivity contribution in [3.63, 3.8) is 0 Å². The number of aliphatic hydroxyl groups excluding tert-OH is 2. The van der Waals surface area contributed by atoms with E-state index in [2.05, 4.69) is 16.0 Å². The lowest BCUT2D eigenvalue weighted by Crippen LogP contribution is -2.60. The molecule has 0 aliphatic rings. The lowest BCUT2D eigenvalue weighted by Gasteiger charge is -2.26. The molecular formula is C16H28N4O9. The van der Waals surface area contributed by atoms with Gasteiger partial charge in [0.15, 0.2) is 0 Å². The number of rotatable bonds is 12. The van der Waals surface area contributed by atoms with Crippen LogP contribution in [0.1, 0.15) is 33.6 Å². The Morgan fingerprint density at radius 2 is 1.38 bits per heavy atom. The molecule has 13 nitrogen and oxygen atoms in total. The monoisotopic (exact) mass is 420 g/mol. The van der Waals surface area contributed by atoms with Crippen LogP contribution < -0.4 is 21.7 Å². The second kappa shape index (κ2) is 11.9. The van der Waals surface area contributed by atoms with Crippen molar-refractivity contribution >= 4 is 29.7 Å². The summed E-state index contributed by atoms with van der Waals surface area (Å²) in [5.74, 6) is -5.52. The molecular weight excluding hydrogens is 392 g/mol. The average Bonchev–Trinajstić information content (AvgIpc) is 2.60. The fourth-order valence-electron chi connectivity index (χ4n) is 2.05. The fourth-order valence-corrected chi connectivity index (χ4v) is 2.05. The normalized spacial score (nSPS) is 17.0. The summed E-state index contributed by atoms with van der Waals surface area (Å²) in [6, 6.07) is -5.69. The molecule has 0 aromatic carbocycles. The van der Waals surface area contributed by atoms with Gasteiger partial charge < -0.3 is 42.1 Å². The Hall–Kier alpha value is -2.77. The van der Waals surface area contributed by atoms with E-state index < -0.39 is 72.5 Å². The minimum atomic E-state index is -1.57. The van der Waals surface area contributed by atoms with Crippen molar-refractivity contribution in [2.75, 3.05) is 0 Å². The van der Waals surface area contributed by atoms with Gasteiger partial charge in [-0.3, -0.25) is 24.0 Å². The SMILES string of the molecule is CC(NC(=O)C(CCC(=O)O)NC(=O)C(NC(=O)C(N)C(C)O)C(C)O)C(=O)O. The molecule has 0 heterocycles. The Morgan fingerprint density at radius 1 is 0.828 bits per heavy atom. The van der Waals surface area contributed by atoms with Crippen molar-refractivity contribution in [3.05, 3.63) is 0 Å². The molecule has 0 radical (unpaired) electrons. The van der Waals surface area contributed by atoms with Gasteiger partial charge in [0.05, 0.1) is 12.2 Å². The first-order valence-corrected chi connectivity index (χ1v) is 8.75. The number of aliphatic carboxylic acids is 2. The molecule has 0 aliphatic heterocycles. The predicted octanol–water partition coefficient (Wildman–Crippen LogP) is -3.50. The molecule has 166 valence electrons. The second-order valence-electron chi connectivity index (χ2n) is 6.56. The fraction of sp³-hybridized carbons (Fsp3) is 0.688. The van der Waals surface area contributed by atoms with Crippen LogP contribution in [0.3, 0.4) is 0 Å². The topological polar surface area (TPSA) is 228 Å². The van der Waals surface area contributed by atoms with Gasteiger partial charge >= 0.3 is 11.9 Å². The molecule has 3 amide bonds. The smallest absolute Gasteiger partial charge is 0.325 e. The molecule has 0 saturated carbocycles. The Morgan fingerprint density at radius 3 is 1.79 bits per heavy atom. The number of carboxylic acids is 2. The van der Waals surface area contributed by atoms with Crippen molar-refractivity contribution in [2.24, 2.45) is 5.73 Å². The minimum Gasteiger partial charge on any atom is -0.481 e. The molecule has 13 heteroatoms. The van der Waals surface area contributed by atoms with Gasteiger partial charge in [-0.1, -0.05) is 0 Å². The summed E-state index contributed by atoms with van der Waals surface area (Å²) >= 11 is 0. The van der Waals surface area contributed by atoms with Gasteiger partial charge in [-0.05, 0) is 27.2 Å². The maximum absolute atomic E-state index is 12.5. The summed E-state index contributed by atoms with van der Waals surface area (Å²) in [5, 5.41) is 43.2. The molecule has 0 bridgehead atoms. The number of hydrogen-bond donors (Lipinski definition) is 8. The van der Waals surface area contributed by atoms with Gasteiger partial charge in [0.2, 0.25) is 17.7 Å². The number of carbonyl (C=O) groups excluding carboxylic acids is 3. The number of amides is 3. The van der Waals surface area contributed by atoms with E-state index in [0.717, 1.165) is 0 Å². The molecule has 0 aromatic heterocycles. The van der Waals surface area contributed by atoms with Crippen LogP contribution >= 0.6 is 0 Å². The van der Waals surface area contributed by atoms with Crippen molar-refractivity contribution in [3.8, 4) is 0 Å². The number of hydrogen-bond acceptors (Lipinski definition) is 8. The highest BCUT2D eigenvalue weighted by atomic mass is 16.4. The molecule has 0 spiro atoms. The van der Waals surface area contributed by atoms with E-state index in [1.165, 1.54) is 20.8 Å². The van der Waals surface area contributed by atoms with E-state index in [1.54, 1.807) is 0 Å². The predicted molar refractivity (Wildman–Crippen MR) is 97.3 cm³/mol. The van der Waals surface area contributed by atoms with Crippen molar-refractivity contribution in [1.29, 1.82) is 0 Å². The van der Waals surface area contributed by atoms with Crippen LogP contribution in [0, 0.1) is 0 Å². The first kappa shape index (κ1) is 26.2. The lowest BCUT2D eigenvalue weighted by atomic mass is 10.1. The molecule has 0 fully saturated rings. The van der Waals surface area contributed by atoms with Crippen LogP contribution in [0.4, 0.5) is 0 Å². The Bertz CT molecular complexity index is 624. The summed E-state index contributed by atoms with van der Waals surface area (Å²) in [4.78, 5) is 58.3. The number of nitrogens with two attached hydrogens (primary N) is 1. The van der Waals surface area contributed by atoms with Crippen LogP contribution in [0.25, 0.3) is 0 Å². The summed E-state index contributed by atoms with van der Waals surface area (Å²) in [6.45, 7) is 3.60. The summed E-state index contributed by atoms with van der Waals surface area (Å²) in [7, 11) is 0. The van der Waals surface area contributed by atoms with Crippen LogP contribution in [-0.4, -0.2) is 86.5 Å². The molecule has 6 unspecified atom stereocenters. The van der Waals surface area contributed by atoms with Crippen molar-refractivity contribution in [1.82, 2.24) is 16.0 Å². The van der Waals surface area contributed by atoms with Crippen molar-refractivity contribution in [2.45, 2.75) is 70.0 Å². The Balaban J connectivity index is 5.34. The number of carboxylic acid groups (broad SMARTS) is 2. The number of carbonyl (C=O) groups is 5. The van der Waals surface area contributed by atoms with Gasteiger partial charge in [0, 0.05) is 6.42 Å². The zero-order chi connectivity index (χ0) is 22.9. The quantitative estimate of drug-likeness (QED) is 0.155. The Kier molecular flexibility index (Phi) is 10.8. The number of aliphatic hydroxyl groups is 2. The van der Waals surface area contributed by atoms with E-state index in [9.17, 15) is 34.2 Å². The average molecular weight is 420 g/mol. The van der Waals surface area contributed by atoms with Gasteiger partial charge in [-0.15, -0.1) is 0 Å². The van der Waals surface area contributed by atoms with E-state index >= 15 is 0 Å². The van der Waals surface area contributed by atoms with Crippen LogP contribution in [0.15, 0.2) is 0 Å². The van der Waals surface area contributed by atoms with Crippen molar-refractivity contribution < 1.29 is 44.4 Å². The van der Waals surface area contributed by atoms with Gasteiger partial charge in [-0.2, -0.15) is 0 Å². The summed E-state index contributed by atoms with van der Waals surface area (Å²) < 4.78 is 0. The van der Waals surface area contributed by atoms with Crippen LogP contribution in [0.5, 0.6) is 0 Å². The van der Waals surface area contributed by atoms with Crippen LogP contribution in [0.2, 0.25) is 0 Å². The molecule has 29 heavy (non-hydrogen) atoms. The minimum absolute atomic E-state index is 0.368. The summed E-state index contributed by atoms with van der Waals surface area (Å²) in [5.41, 5.74) is 5.46. The third kappa shape index (κ3) is 9.32. The first-order valence-electron chi connectivity index (χ1n) is 8.75. The van der Waals surface area contributed by atoms with Crippen LogP contribution in [-0.2, 0) is 24.0 Å². The first-order chi connectivity index (χ1) is 13.3. The lowest BCUT2D eigenvalue weighted by molar-refractivity contribution is -0.142. The highest BCUT2D eigenvalue weighted by Crippen LogP contribution is 2.03. The van der Waals surface area contributed by atoms with Gasteiger partial charge in [-0.25, -0.2) is 0 Å². The third-order valence-electron chi connectivity index (χ3n) is 3.89. The molecule has 0 aromatic rings. The molecule has 0 rings (SSSR count). The van der Waals surface area contributed by atoms with Gasteiger partial charge in [0.1, 0.15) is 24.2 Å². The zero-order valence-corrected chi connectivity index (χ0v) is 16.3. The van der Waals surface area contributed by atoms with Gasteiger partial charge in [0.25, 0.3) is 0 Å². The maximum atomic E-state index is 12.5. The molecule has 6 atom stereocenters.